The van der Waals surface area contributed by atoms with E-state index in [1.165, 1.54) is 4.90 Å². The number of phenolic OH excluding ortho intramolecular Hbond substituents is 1. The second-order valence-corrected chi connectivity index (χ2v) is 12.0. The highest BCUT2D eigenvalue weighted by atomic mass is 16.3. The summed E-state index contributed by atoms with van der Waals surface area (Å²) in [5.74, 6) is -7.61. The number of carbonyl (C=O) groups is 4. The lowest BCUT2D eigenvalue weighted by Gasteiger charge is -2.50. The summed E-state index contributed by atoms with van der Waals surface area (Å²) < 4.78 is 0. The van der Waals surface area contributed by atoms with Gasteiger partial charge in [-0.3, -0.25) is 24.1 Å². The van der Waals surface area contributed by atoms with E-state index in [4.69, 9.17) is 5.73 Å². The Kier molecular flexibility index (Phi) is 8.15. The number of aliphatic hydroxyl groups is 3. The molecule has 3 aliphatic rings. The first-order chi connectivity index (χ1) is 19.5. The van der Waals surface area contributed by atoms with Crippen LogP contribution in [0.4, 0.5) is 11.4 Å². The fourth-order valence-corrected chi connectivity index (χ4v) is 6.56. The summed E-state index contributed by atoms with van der Waals surface area (Å²) >= 11 is 0. The number of nitrogens with zero attached hydrogens (tertiary/aromatic N) is 3. The van der Waals surface area contributed by atoms with Crippen molar-refractivity contribution in [1.29, 1.82) is 0 Å². The fourth-order valence-electron chi connectivity index (χ4n) is 6.56. The van der Waals surface area contributed by atoms with Gasteiger partial charge in [0.05, 0.1) is 17.3 Å². The Bertz CT molecular complexity index is 1430. The average molecular weight is 586 g/mol. The van der Waals surface area contributed by atoms with Crippen LogP contribution in [0.25, 0.3) is 0 Å². The Morgan fingerprint density at radius 1 is 1.10 bits per heavy atom. The average Bonchev–Trinajstić information content (AvgIpc) is 2.87. The molecule has 0 spiro atoms. The number of rotatable bonds is 8. The first kappa shape index (κ1) is 31.0. The van der Waals surface area contributed by atoms with Crippen LogP contribution in [0.5, 0.6) is 5.75 Å². The van der Waals surface area contributed by atoms with Crippen molar-refractivity contribution in [2.24, 2.45) is 17.6 Å². The van der Waals surface area contributed by atoms with E-state index in [2.05, 4.69) is 5.32 Å². The first-order valence-electron chi connectivity index (χ1n) is 13.7. The molecule has 4 rings (SSSR count). The Morgan fingerprint density at radius 3 is 2.29 bits per heavy atom. The van der Waals surface area contributed by atoms with Crippen molar-refractivity contribution in [3.63, 3.8) is 0 Å². The highest BCUT2D eigenvalue weighted by Gasteiger charge is 2.63. The molecule has 0 saturated heterocycles. The van der Waals surface area contributed by atoms with Crippen LogP contribution in [-0.4, -0.2) is 114 Å². The summed E-state index contributed by atoms with van der Waals surface area (Å²) in [5, 5.41) is 48.1. The van der Waals surface area contributed by atoms with Gasteiger partial charge in [-0.1, -0.05) is 0 Å². The van der Waals surface area contributed by atoms with Gasteiger partial charge >= 0.3 is 0 Å². The number of Topliss-reactive ketones (excluding diaryl/α,β-unsaturated/α-hetero) is 2. The fraction of sp³-hybridized carbons (Fsp3) is 0.517. The summed E-state index contributed by atoms with van der Waals surface area (Å²) in [6.45, 7) is 0.682. The Balaban J connectivity index is 1.85. The van der Waals surface area contributed by atoms with E-state index in [1.54, 1.807) is 39.2 Å². The second-order valence-electron chi connectivity index (χ2n) is 12.0. The number of fused-ring (bicyclic) bond motifs is 3. The Hall–Kier alpha value is -3.94. The lowest BCUT2D eigenvalue weighted by atomic mass is 9.58. The number of phenols is 1. The number of hydrogen-bond donors (Lipinski definition) is 6. The highest BCUT2D eigenvalue weighted by molar-refractivity contribution is 6.25. The molecular weight excluding hydrogens is 546 g/mol. The quantitative estimate of drug-likeness (QED) is 0.183. The molecule has 1 aromatic rings. The van der Waals surface area contributed by atoms with E-state index in [1.807, 2.05) is 19.0 Å². The summed E-state index contributed by atoms with van der Waals surface area (Å²) in [6, 6.07) is 0.515. The van der Waals surface area contributed by atoms with Gasteiger partial charge in [0.25, 0.3) is 5.91 Å². The maximum absolute atomic E-state index is 14.1. The molecule has 3 unspecified atom stereocenters. The van der Waals surface area contributed by atoms with E-state index in [0.29, 0.717) is 24.2 Å². The zero-order chi connectivity index (χ0) is 31.4. The molecule has 228 valence electrons. The number of aliphatic hydroxyl groups excluding tert-OH is 2. The van der Waals surface area contributed by atoms with Gasteiger partial charge in [0, 0.05) is 37.7 Å². The molecule has 0 radical (unpaired) electrons. The molecule has 0 fully saturated rings. The normalized spacial score (nSPS) is 25.4. The van der Waals surface area contributed by atoms with Crippen molar-refractivity contribution in [2.75, 3.05) is 59.0 Å². The van der Waals surface area contributed by atoms with Crippen molar-refractivity contribution in [2.45, 2.75) is 37.3 Å². The van der Waals surface area contributed by atoms with E-state index in [0.717, 1.165) is 0 Å². The van der Waals surface area contributed by atoms with Crippen molar-refractivity contribution >= 4 is 34.8 Å². The number of allylic oxidation sites excluding steroid dienone is 1. The molecule has 2 amide bonds. The maximum atomic E-state index is 14.1. The number of aromatic hydroxyl groups is 1. The zero-order valence-electron chi connectivity index (χ0n) is 24.7. The summed E-state index contributed by atoms with van der Waals surface area (Å²) in [6.07, 6.45) is 0.891. The molecule has 13 nitrogen and oxygen atoms in total. The van der Waals surface area contributed by atoms with Gasteiger partial charge in [0.2, 0.25) is 11.7 Å². The lowest BCUT2D eigenvalue weighted by molar-refractivity contribution is -0.148. The van der Waals surface area contributed by atoms with Crippen molar-refractivity contribution in [3.05, 3.63) is 39.9 Å². The minimum Gasteiger partial charge on any atom is -0.510 e. The number of nitrogens with two attached hydrogens (primary N) is 1. The number of benzene rings is 1. The van der Waals surface area contributed by atoms with Crippen LogP contribution in [0, 0.1) is 11.8 Å². The summed E-state index contributed by atoms with van der Waals surface area (Å²) in [7, 11) is 10.4. The molecule has 7 N–H and O–H groups in total. The third-order valence-corrected chi connectivity index (χ3v) is 8.46. The number of anilines is 2. The molecule has 4 atom stereocenters. The molecule has 3 aliphatic carbocycles. The molecule has 0 aliphatic heterocycles. The van der Waals surface area contributed by atoms with Gasteiger partial charge in [-0.05, 0) is 71.5 Å². The number of hydrogen-bond acceptors (Lipinski definition) is 11. The summed E-state index contributed by atoms with van der Waals surface area (Å²) in [4.78, 5) is 57.5. The second kappa shape index (κ2) is 11.0. The van der Waals surface area contributed by atoms with Crippen molar-refractivity contribution in [1.82, 2.24) is 9.80 Å². The number of ketones is 2. The molecule has 1 aromatic carbocycles. The van der Waals surface area contributed by atoms with E-state index >= 15 is 0 Å². The van der Waals surface area contributed by atoms with Crippen molar-refractivity contribution < 1.29 is 39.6 Å². The standard InChI is InChI=1S/C29H39N5O8/c1-32(2)9-7-8-18(35)31-16-12-17(33(3)4)14-10-13-11-15-22(34(5)6)25(38)21(28(30)41)27(40)29(15,42)26(39)19(13)24(37)20(14)23(16)36/h12-13,15,22,36,38-39,42H,7-11H2,1-6H3,(H2,30,41)(H,31,35)/t13?,15?,22-,29?/m0/s1. The van der Waals surface area contributed by atoms with Gasteiger partial charge in [0.1, 0.15) is 17.1 Å². The first-order valence-corrected chi connectivity index (χ1v) is 13.7. The van der Waals surface area contributed by atoms with Gasteiger partial charge < -0.3 is 41.3 Å². The Labute approximate surface area is 243 Å². The molecule has 0 saturated carbocycles. The highest BCUT2D eigenvalue weighted by Crippen LogP contribution is 2.53. The molecule has 0 aromatic heterocycles. The smallest absolute Gasteiger partial charge is 0.255 e. The monoisotopic (exact) mass is 585 g/mol. The third-order valence-electron chi connectivity index (χ3n) is 8.46. The minimum atomic E-state index is -2.72. The third kappa shape index (κ3) is 4.80. The van der Waals surface area contributed by atoms with Crippen LogP contribution in [0.1, 0.15) is 35.2 Å². The lowest BCUT2D eigenvalue weighted by Crippen LogP contribution is -2.63. The van der Waals surface area contributed by atoms with E-state index < -0.39 is 63.8 Å². The molecule has 13 heteroatoms. The molecule has 42 heavy (non-hydrogen) atoms. The summed E-state index contributed by atoms with van der Waals surface area (Å²) in [5.41, 5.74) is 2.42. The van der Waals surface area contributed by atoms with Crippen LogP contribution in [0.3, 0.4) is 0 Å². The number of amides is 2. The van der Waals surface area contributed by atoms with Crippen molar-refractivity contribution in [3.8, 4) is 5.75 Å². The predicted molar refractivity (Wildman–Crippen MR) is 154 cm³/mol. The number of likely N-dealkylation sites (N-methyl/N-ethyl adjacent to an activating group) is 1. The molecule has 0 bridgehead atoms. The van der Waals surface area contributed by atoms with Gasteiger partial charge in [-0.25, -0.2) is 0 Å². The van der Waals surface area contributed by atoms with E-state index in [-0.39, 0.29) is 42.0 Å². The zero-order valence-corrected chi connectivity index (χ0v) is 24.7. The maximum Gasteiger partial charge on any atom is 0.255 e. The van der Waals surface area contributed by atoms with Crippen LogP contribution >= 0.6 is 0 Å². The van der Waals surface area contributed by atoms with Gasteiger partial charge in [-0.15, -0.1) is 0 Å². The van der Waals surface area contributed by atoms with Gasteiger partial charge in [0.15, 0.2) is 17.1 Å². The molecule has 0 heterocycles. The number of carbonyl (C=O) groups excluding carboxylic acids is 4. The largest absolute Gasteiger partial charge is 0.510 e. The predicted octanol–water partition coefficient (Wildman–Crippen LogP) is 0.467. The number of primary amides is 1. The van der Waals surface area contributed by atoms with Gasteiger partial charge in [-0.2, -0.15) is 0 Å². The van der Waals surface area contributed by atoms with Crippen LogP contribution in [0.2, 0.25) is 0 Å². The van der Waals surface area contributed by atoms with Crippen LogP contribution in [-0.2, 0) is 20.8 Å². The number of nitrogens with one attached hydrogen (secondary N) is 1. The molecular formula is C29H39N5O8. The van der Waals surface area contributed by atoms with E-state index in [9.17, 15) is 39.6 Å². The topological polar surface area (TPSA) is 197 Å². The SMILES string of the molecule is CN(C)CCCC(=O)Nc1cc(N(C)C)c2c(c1O)C(=O)C1=C(O)C3(O)C(=O)C(C(N)=O)=C(O)[C@@H](N(C)C)C3CC1C2. The minimum absolute atomic E-state index is 0.0102. The Morgan fingerprint density at radius 2 is 1.74 bits per heavy atom. The van der Waals surface area contributed by atoms with Crippen LogP contribution in [0.15, 0.2) is 28.7 Å². The van der Waals surface area contributed by atoms with Crippen LogP contribution < -0.4 is 16.0 Å².